The highest BCUT2D eigenvalue weighted by atomic mass is 35.5. The zero-order valence-electron chi connectivity index (χ0n) is 22.2. The van der Waals surface area contributed by atoms with Crippen molar-refractivity contribution in [3.05, 3.63) is 65.2 Å². The first-order valence-corrected chi connectivity index (χ1v) is 15.0. The van der Waals surface area contributed by atoms with E-state index in [2.05, 4.69) is 10.2 Å². The van der Waals surface area contributed by atoms with Crippen molar-refractivity contribution in [2.45, 2.75) is 51.0 Å². The van der Waals surface area contributed by atoms with Crippen molar-refractivity contribution in [1.82, 2.24) is 10.2 Å². The Labute approximate surface area is 233 Å². The summed E-state index contributed by atoms with van der Waals surface area (Å²) >= 11 is 0. The molecule has 0 radical (unpaired) electrons. The molecule has 2 aromatic rings. The Bertz CT molecular complexity index is 1210. The molecule has 0 spiro atoms. The van der Waals surface area contributed by atoms with Crippen LogP contribution in [0.2, 0.25) is 0 Å². The fraction of sp³-hybridized carbons (Fsp3) is 0.483. The molecule has 1 saturated carbocycles. The van der Waals surface area contributed by atoms with Crippen LogP contribution in [-0.2, 0) is 27.8 Å². The van der Waals surface area contributed by atoms with Gasteiger partial charge in [-0.3, -0.25) is 4.79 Å². The Kier molecular flexibility index (Phi) is 11.1. The van der Waals surface area contributed by atoms with Crippen molar-refractivity contribution in [2.24, 2.45) is 5.92 Å². The van der Waals surface area contributed by atoms with Crippen LogP contribution in [0.25, 0.3) is 6.08 Å². The number of para-hydroxylation sites is 1. The number of ether oxygens (including phenoxy) is 1. The van der Waals surface area contributed by atoms with E-state index in [1.54, 1.807) is 25.3 Å². The zero-order chi connectivity index (χ0) is 26.3. The fourth-order valence-corrected chi connectivity index (χ4v) is 5.83. The lowest BCUT2D eigenvalue weighted by molar-refractivity contribution is -0.117. The summed E-state index contributed by atoms with van der Waals surface area (Å²) in [6, 6.07) is 13.5. The van der Waals surface area contributed by atoms with Crippen molar-refractivity contribution < 1.29 is 22.1 Å². The number of nitrogens with zero attached hydrogens (tertiary/aromatic N) is 1. The van der Waals surface area contributed by atoms with Crippen LogP contribution in [0.5, 0.6) is 11.5 Å². The molecule has 4 rings (SSSR count). The Hall–Kier alpha value is -2.55. The molecule has 1 heterocycles. The third-order valence-electron chi connectivity index (χ3n) is 7.42. The second-order valence-electron chi connectivity index (χ2n) is 10.1. The molecule has 208 valence electrons. The van der Waals surface area contributed by atoms with E-state index in [0.29, 0.717) is 11.7 Å². The summed E-state index contributed by atoms with van der Waals surface area (Å²) in [5, 5.41) is 3.16. The van der Waals surface area contributed by atoms with Crippen molar-refractivity contribution in [2.75, 3.05) is 33.0 Å². The summed E-state index contributed by atoms with van der Waals surface area (Å²) in [6.45, 7) is 3.06. The average Bonchev–Trinajstić information content (AvgIpc) is 3.08. The smallest absolute Gasteiger partial charge is 0.306 e. The molecule has 1 amide bonds. The maximum absolute atomic E-state index is 12.4. The average molecular weight is 563 g/mol. The first kappa shape index (κ1) is 30.0. The van der Waals surface area contributed by atoms with E-state index in [-0.39, 0.29) is 24.4 Å². The number of hydrogen-bond acceptors (Lipinski definition) is 6. The van der Waals surface area contributed by atoms with Gasteiger partial charge >= 0.3 is 10.1 Å². The molecule has 1 fully saturated rings. The van der Waals surface area contributed by atoms with Gasteiger partial charge in [-0.1, -0.05) is 24.3 Å². The molecule has 0 aromatic heterocycles. The summed E-state index contributed by atoms with van der Waals surface area (Å²) in [7, 11) is -1.88. The van der Waals surface area contributed by atoms with Crippen LogP contribution in [-0.4, -0.2) is 58.3 Å². The van der Waals surface area contributed by atoms with E-state index >= 15 is 0 Å². The number of benzene rings is 2. The first-order chi connectivity index (χ1) is 17.8. The number of halogens is 1. The summed E-state index contributed by atoms with van der Waals surface area (Å²) < 4.78 is 33.3. The quantitative estimate of drug-likeness (QED) is 0.354. The van der Waals surface area contributed by atoms with Gasteiger partial charge < -0.3 is 19.1 Å². The summed E-state index contributed by atoms with van der Waals surface area (Å²) in [4.78, 5) is 15.0. The van der Waals surface area contributed by atoms with Gasteiger partial charge in [0.1, 0.15) is 11.5 Å². The third-order valence-corrected chi connectivity index (χ3v) is 7.92. The molecule has 1 aliphatic carbocycles. The number of methoxy groups -OCH3 is 1. The number of rotatable bonds is 9. The van der Waals surface area contributed by atoms with Gasteiger partial charge in [0.15, 0.2) is 0 Å². The highest BCUT2D eigenvalue weighted by molar-refractivity contribution is 7.86. The van der Waals surface area contributed by atoms with Gasteiger partial charge in [0, 0.05) is 30.8 Å². The molecular formula is C29H39ClN2O5S. The molecule has 0 unspecified atom stereocenters. The van der Waals surface area contributed by atoms with Crippen LogP contribution in [0.1, 0.15) is 48.8 Å². The van der Waals surface area contributed by atoms with Crippen LogP contribution in [0.3, 0.4) is 0 Å². The normalized spacial score (nSPS) is 20.2. The predicted octanol–water partition coefficient (Wildman–Crippen LogP) is 4.63. The number of carbonyl (C=O) groups excluding carboxylic acids is 1. The summed E-state index contributed by atoms with van der Waals surface area (Å²) in [5.41, 5.74) is 3.35. The number of nitrogens with one attached hydrogen (secondary N) is 1. The maximum atomic E-state index is 12.4. The van der Waals surface area contributed by atoms with Gasteiger partial charge in [0.25, 0.3) is 0 Å². The van der Waals surface area contributed by atoms with E-state index in [9.17, 15) is 13.2 Å². The van der Waals surface area contributed by atoms with Crippen molar-refractivity contribution in [3.63, 3.8) is 0 Å². The SMILES string of the molecule is COc1ccccc1/C=C/C(=O)NC1CCC(CCN2CCc3ccc(OS(C)(=O)=O)cc3CC2)CC1.Cl. The van der Waals surface area contributed by atoms with Crippen molar-refractivity contribution in [3.8, 4) is 11.5 Å². The lowest BCUT2D eigenvalue weighted by Crippen LogP contribution is -2.37. The van der Waals surface area contributed by atoms with E-state index in [1.165, 1.54) is 17.5 Å². The van der Waals surface area contributed by atoms with Crippen LogP contribution in [0.15, 0.2) is 48.5 Å². The van der Waals surface area contributed by atoms with Gasteiger partial charge in [0.2, 0.25) is 5.91 Å². The number of hydrogen-bond donors (Lipinski definition) is 1. The van der Waals surface area contributed by atoms with E-state index in [1.807, 2.05) is 36.4 Å². The van der Waals surface area contributed by atoms with Crippen molar-refractivity contribution >= 4 is 34.5 Å². The zero-order valence-corrected chi connectivity index (χ0v) is 23.9. The molecule has 2 aliphatic rings. The van der Waals surface area contributed by atoms with Crippen LogP contribution in [0, 0.1) is 5.92 Å². The fourth-order valence-electron chi connectivity index (χ4n) is 5.38. The molecule has 9 heteroatoms. The minimum atomic E-state index is -3.51. The molecule has 2 aromatic carbocycles. The lowest BCUT2D eigenvalue weighted by atomic mass is 9.84. The summed E-state index contributed by atoms with van der Waals surface area (Å²) in [6.07, 6.45) is 11.8. The molecule has 0 saturated heterocycles. The van der Waals surface area contributed by atoms with E-state index < -0.39 is 10.1 Å². The molecule has 1 N–H and O–H groups in total. The van der Waals surface area contributed by atoms with E-state index in [0.717, 1.165) is 75.7 Å². The van der Waals surface area contributed by atoms with E-state index in [4.69, 9.17) is 8.92 Å². The standard InChI is InChI=1S/C29H38N2O5S.ClH/c1-35-28-6-4-3-5-24(28)10-14-29(32)30-26-11-7-22(8-12-26)15-18-31-19-16-23-9-13-27(36-37(2,33)34)21-25(23)17-20-31;/h3-6,9-10,13-14,21-22,26H,7-8,11-12,15-20H2,1-2H3,(H,30,32);1H/b14-10+;. The molecule has 0 bridgehead atoms. The van der Waals surface area contributed by atoms with Crippen molar-refractivity contribution in [1.29, 1.82) is 0 Å². The highest BCUT2D eigenvalue weighted by Crippen LogP contribution is 2.28. The molecule has 0 atom stereocenters. The first-order valence-electron chi connectivity index (χ1n) is 13.1. The minimum Gasteiger partial charge on any atom is -0.496 e. The second kappa shape index (κ2) is 14.0. The Morgan fingerprint density at radius 3 is 2.47 bits per heavy atom. The largest absolute Gasteiger partial charge is 0.496 e. The van der Waals surface area contributed by atoms with Gasteiger partial charge in [-0.05, 0) is 92.8 Å². The Morgan fingerprint density at radius 1 is 1.05 bits per heavy atom. The van der Waals surface area contributed by atoms with Crippen LogP contribution in [0.4, 0.5) is 0 Å². The van der Waals surface area contributed by atoms with Gasteiger partial charge in [-0.15, -0.1) is 12.4 Å². The Morgan fingerprint density at radius 2 is 1.76 bits per heavy atom. The molecule has 1 aliphatic heterocycles. The molecule has 38 heavy (non-hydrogen) atoms. The number of carbonyl (C=O) groups is 1. The Balaban J connectivity index is 0.00000400. The van der Waals surface area contributed by atoms with Crippen LogP contribution >= 0.6 is 12.4 Å². The highest BCUT2D eigenvalue weighted by Gasteiger charge is 2.23. The van der Waals surface area contributed by atoms with Crippen LogP contribution < -0.4 is 14.2 Å². The number of amides is 1. The predicted molar refractivity (Wildman–Crippen MR) is 154 cm³/mol. The van der Waals surface area contributed by atoms with Gasteiger partial charge in [-0.25, -0.2) is 0 Å². The number of fused-ring (bicyclic) bond motifs is 1. The van der Waals surface area contributed by atoms with Gasteiger partial charge in [0.05, 0.1) is 13.4 Å². The van der Waals surface area contributed by atoms with Gasteiger partial charge in [-0.2, -0.15) is 8.42 Å². The molecular weight excluding hydrogens is 524 g/mol. The molecule has 7 nitrogen and oxygen atoms in total. The monoisotopic (exact) mass is 562 g/mol. The maximum Gasteiger partial charge on any atom is 0.306 e. The third kappa shape index (κ3) is 9.03. The minimum absolute atomic E-state index is 0. The summed E-state index contributed by atoms with van der Waals surface area (Å²) in [5.74, 6) is 1.79. The second-order valence-corrected chi connectivity index (χ2v) is 11.7. The lowest BCUT2D eigenvalue weighted by Gasteiger charge is -2.30. The topological polar surface area (TPSA) is 84.9 Å².